The van der Waals surface area contributed by atoms with Crippen molar-refractivity contribution < 1.29 is 19.8 Å². The monoisotopic (exact) mass is 247 g/mol. The fourth-order valence-electron chi connectivity index (χ4n) is 0.918. The third kappa shape index (κ3) is 4.81. The van der Waals surface area contributed by atoms with Gasteiger partial charge in [0.25, 0.3) is 5.09 Å². The number of rotatable bonds is 6. The van der Waals surface area contributed by atoms with Crippen LogP contribution in [0.5, 0.6) is 5.75 Å². The van der Waals surface area contributed by atoms with E-state index in [4.69, 9.17) is 16.3 Å². The molecule has 0 fully saturated rings. The molecule has 16 heavy (non-hydrogen) atoms. The third-order valence-electron chi connectivity index (χ3n) is 1.63. The van der Waals surface area contributed by atoms with Crippen molar-refractivity contribution in [2.45, 2.75) is 6.10 Å². The largest absolute Gasteiger partial charge is 0.491 e. The summed E-state index contributed by atoms with van der Waals surface area (Å²) in [5.74, 6) is 0.518. The molecular weight excluding hydrogens is 238 g/mol. The van der Waals surface area contributed by atoms with Gasteiger partial charge in [0.2, 0.25) is 0 Å². The highest BCUT2D eigenvalue weighted by atomic mass is 35.5. The van der Waals surface area contributed by atoms with Gasteiger partial charge in [-0.2, -0.15) is 0 Å². The summed E-state index contributed by atoms with van der Waals surface area (Å²) in [5.41, 5.74) is 0. The molecule has 1 unspecified atom stereocenters. The van der Waals surface area contributed by atoms with Crippen LogP contribution >= 0.6 is 11.6 Å². The zero-order chi connectivity index (χ0) is 12.0. The second-order valence-electron chi connectivity index (χ2n) is 2.94. The molecule has 1 atom stereocenters. The van der Waals surface area contributed by atoms with Crippen LogP contribution in [0.3, 0.4) is 0 Å². The van der Waals surface area contributed by atoms with Gasteiger partial charge in [-0.25, -0.2) is 0 Å². The van der Waals surface area contributed by atoms with Gasteiger partial charge in [-0.15, -0.1) is 10.1 Å². The number of aliphatic hydroxyl groups excluding tert-OH is 1. The zero-order valence-corrected chi connectivity index (χ0v) is 8.96. The maximum Gasteiger partial charge on any atom is 0.294 e. The van der Waals surface area contributed by atoms with Crippen molar-refractivity contribution in [1.29, 1.82) is 0 Å². The number of ether oxygens (including phenoxy) is 1. The average Bonchev–Trinajstić information content (AvgIpc) is 2.25. The minimum Gasteiger partial charge on any atom is -0.491 e. The van der Waals surface area contributed by atoms with E-state index in [0.29, 0.717) is 10.8 Å². The molecule has 1 aromatic carbocycles. The Bertz CT molecular complexity index is 342. The molecule has 88 valence electrons. The topological polar surface area (TPSA) is 81.8 Å². The molecule has 0 saturated heterocycles. The summed E-state index contributed by atoms with van der Waals surface area (Å²) >= 11 is 5.66. The molecule has 0 aliphatic heterocycles. The van der Waals surface area contributed by atoms with E-state index in [9.17, 15) is 15.2 Å². The SMILES string of the molecule is O=[N+]([O-])OCC(O)COc1ccc(Cl)cc1. The van der Waals surface area contributed by atoms with Crippen LogP contribution in [0.2, 0.25) is 5.02 Å². The van der Waals surface area contributed by atoms with E-state index in [2.05, 4.69) is 4.84 Å². The number of hydrogen-bond donors (Lipinski definition) is 1. The Labute approximate surface area is 96.5 Å². The molecule has 0 aliphatic rings. The number of aliphatic hydroxyl groups is 1. The van der Waals surface area contributed by atoms with E-state index in [1.807, 2.05) is 0 Å². The van der Waals surface area contributed by atoms with Crippen LogP contribution in [0, 0.1) is 10.1 Å². The molecular formula is C9H10ClNO5. The Morgan fingerprint density at radius 3 is 2.56 bits per heavy atom. The summed E-state index contributed by atoms with van der Waals surface area (Å²) in [6.07, 6.45) is -1.05. The third-order valence-corrected chi connectivity index (χ3v) is 1.88. The number of benzene rings is 1. The van der Waals surface area contributed by atoms with Gasteiger partial charge in [0.15, 0.2) is 0 Å². The minimum absolute atomic E-state index is 0.0878. The maximum atomic E-state index is 9.83. The molecule has 1 N–H and O–H groups in total. The lowest BCUT2D eigenvalue weighted by atomic mass is 10.3. The summed E-state index contributed by atoms with van der Waals surface area (Å²) in [5, 5.41) is 18.7. The zero-order valence-electron chi connectivity index (χ0n) is 8.21. The molecule has 0 saturated carbocycles. The smallest absolute Gasteiger partial charge is 0.294 e. The second kappa shape index (κ2) is 6.14. The van der Waals surface area contributed by atoms with Gasteiger partial charge in [-0.1, -0.05) is 11.6 Å². The van der Waals surface area contributed by atoms with Crippen molar-refractivity contribution in [1.82, 2.24) is 0 Å². The molecule has 1 aromatic rings. The van der Waals surface area contributed by atoms with Crippen molar-refractivity contribution in [3.05, 3.63) is 39.4 Å². The fraction of sp³-hybridized carbons (Fsp3) is 0.333. The summed E-state index contributed by atoms with van der Waals surface area (Å²) in [6.45, 7) is -0.504. The van der Waals surface area contributed by atoms with Crippen molar-refractivity contribution in [2.24, 2.45) is 0 Å². The van der Waals surface area contributed by atoms with Crippen LogP contribution < -0.4 is 4.74 Å². The Balaban J connectivity index is 2.28. The molecule has 0 bridgehead atoms. The van der Waals surface area contributed by atoms with Gasteiger partial charge in [0.05, 0.1) is 0 Å². The Morgan fingerprint density at radius 1 is 1.38 bits per heavy atom. The van der Waals surface area contributed by atoms with E-state index in [1.165, 1.54) is 0 Å². The number of hydrogen-bond acceptors (Lipinski definition) is 5. The first-order valence-electron chi connectivity index (χ1n) is 4.41. The van der Waals surface area contributed by atoms with Gasteiger partial charge in [0.1, 0.15) is 25.1 Å². The first kappa shape index (κ1) is 12.5. The number of nitrogens with zero attached hydrogens (tertiary/aromatic N) is 1. The molecule has 1 rings (SSSR count). The van der Waals surface area contributed by atoms with E-state index < -0.39 is 17.8 Å². The van der Waals surface area contributed by atoms with E-state index >= 15 is 0 Å². The van der Waals surface area contributed by atoms with Gasteiger partial charge >= 0.3 is 0 Å². The Morgan fingerprint density at radius 2 is 2.00 bits per heavy atom. The average molecular weight is 248 g/mol. The highest BCUT2D eigenvalue weighted by Gasteiger charge is 2.07. The quantitative estimate of drug-likeness (QED) is 0.605. The number of halogens is 1. The predicted octanol–water partition coefficient (Wildman–Crippen LogP) is 1.29. The predicted molar refractivity (Wildman–Crippen MR) is 55.9 cm³/mol. The van der Waals surface area contributed by atoms with Crippen LogP contribution in [-0.4, -0.2) is 29.5 Å². The van der Waals surface area contributed by atoms with Crippen LogP contribution in [0.25, 0.3) is 0 Å². The lowest BCUT2D eigenvalue weighted by molar-refractivity contribution is -0.759. The first-order chi connectivity index (χ1) is 7.58. The van der Waals surface area contributed by atoms with Crippen molar-refractivity contribution >= 4 is 11.6 Å². The first-order valence-corrected chi connectivity index (χ1v) is 4.79. The van der Waals surface area contributed by atoms with E-state index in [1.54, 1.807) is 24.3 Å². The Kier molecular flexibility index (Phi) is 4.81. The molecule has 6 nitrogen and oxygen atoms in total. The van der Waals surface area contributed by atoms with Crippen molar-refractivity contribution in [2.75, 3.05) is 13.2 Å². The standard InChI is InChI=1S/C9H10ClNO5/c10-7-1-3-9(4-2-7)15-5-8(12)6-16-11(13)14/h1-4,8,12H,5-6H2. The van der Waals surface area contributed by atoms with Gasteiger partial charge < -0.3 is 14.7 Å². The lowest BCUT2D eigenvalue weighted by Crippen LogP contribution is -2.24. The van der Waals surface area contributed by atoms with Crippen LogP contribution in [-0.2, 0) is 4.84 Å². The van der Waals surface area contributed by atoms with Crippen molar-refractivity contribution in [3.63, 3.8) is 0 Å². The molecule has 0 aliphatic carbocycles. The maximum absolute atomic E-state index is 9.83. The second-order valence-corrected chi connectivity index (χ2v) is 3.37. The molecule has 7 heteroatoms. The van der Waals surface area contributed by atoms with Crippen LogP contribution in [0.1, 0.15) is 0 Å². The van der Waals surface area contributed by atoms with Gasteiger partial charge in [-0.05, 0) is 24.3 Å². The molecule has 0 spiro atoms. The molecule has 0 radical (unpaired) electrons. The van der Waals surface area contributed by atoms with Crippen LogP contribution in [0.15, 0.2) is 24.3 Å². The molecule has 0 heterocycles. The summed E-state index contributed by atoms with van der Waals surface area (Å²) in [7, 11) is 0. The van der Waals surface area contributed by atoms with Crippen molar-refractivity contribution in [3.8, 4) is 5.75 Å². The summed E-state index contributed by atoms with van der Waals surface area (Å²) < 4.78 is 5.14. The lowest BCUT2D eigenvalue weighted by Gasteiger charge is -2.10. The highest BCUT2D eigenvalue weighted by Crippen LogP contribution is 2.15. The van der Waals surface area contributed by atoms with Gasteiger partial charge in [0, 0.05) is 5.02 Å². The van der Waals surface area contributed by atoms with E-state index in [0.717, 1.165) is 0 Å². The van der Waals surface area contributed by atoms with E-state index in [-0.39, 0.29) is 6.61 Å². The van der Waals surface area contributed by atoms with Crippen LogP contribution in [0.4, 0.5) is 0 Å². The molecule has 0 amide bonds. The van der Waals surface area contributed by atoms with Gasteiger partial charge in [-0.3, -0.25) is 0 Å². The Hall–Kier alpha value is -1.53. The molecule has 0 aromatic heterocycles. The minimum atomic E-state index is -1.05. The highest BCUT2D eigenvalue weighted by molar-refractivity contribution is 6.30. The fourth-order valence-corrected chi connectivity index (χ4v) is 1.04. The normalized spacial score (nSPS) is 11.9. The summed E-state index contributed by atoms with van der Waals surface area (Å²) in [6, 6.07) is 6.53. The summed E-state index contributed by atoms with van der Waals surface area (Å²) in [4.78, 5) is 13.8.